The summed E-state index contributed by atoms with van der Waals surface area (Å²) in [6.45, 7) is 4.61. The van der Waals surface area contributed by atoms with Gasteiger partial charge in [0.1, 0.15) is 5.82 Å². The van der Waals surface area contributed by atoms with Gasteiger partial charge in [-0.15, -0.1) is 0 Å². The van der Waals surface area contributed by atoms with E-state index in [1.54, 1.807) is 0 Å². The molecular formula is C22H27N5O. The third-order valence-corrected chi connectivity index (χ3v) is 5.46. The Morgan fingerprint density at radius 2 is 1.93 bits per heavy atom. The molecule has 3 aromatic rings. The molecule has 6 heteroatoms. The van der Waals surface area contributed by atoms with Crippen molar-refractivity contribution < 1.29 is 4.79 Å². The lowest BCUT2D eigenvalue weighted by Crippen LogP contribution is -2.32. The quantitative estimate of drug-likeness (QED) is 0.711. The van der Waals surface area contributed by atoms with E-state index in [0.717, 1.165) is 49.5 Å². The van der Waals surface area contributed by atoms with Crippen molar-refractivity contribution >= 4 is 22.9 Å². The number of fused-ring (bicyclic) bond motifs is 1. The maximum atomic E-state index is 11.1. The molecule has 0 bridgehead atoms. The van der Waals surface area contributed by atoms with Gasteiger partial charge < -0.3 is 15.0 Å². The molecule has 4 rings (SSSR count). The third-order valence-electron chi connectivity index (χ3n) is 5.46. The summed E-state index contributed by atoms with van der Waals surface area (Å²) >= 11 is 0. The van der Waals surface area contributed by atoms with Crippen LogP contribution in [0.3, 0.4) is 0 Å². The fourth-order valence-corrected chi connectivity index (χ4v) is 3.99. The third kappa shape index (κ3) is 4.02. The summed E-state index contributed by atoms with van der Waals surface area (Å²) < 4.78 is 2.16. The van der Waals surface area contributed by atoms with Gasteiger partial charge in [0.25, 0.3) is 0 Å². The number of nitrogens with zero attached hydrogens (tertiary/aromatic N) is 3. The van der Waals surface area contributed by atoms with Crippen LogP contribution in [0.1, 0.15) is 36.9 Å². The number of carbonyl (C=O) groups excluding carboxylic acids is 1. The SMILES string of the molecule is CNc1nc(C2CCN(Cc3ccc(NC(C)=O)cc3)CC2)cn2cccc12. The van der Waals surface area contributed by atoms with Crippen LogP contribution in [0.4, 0.5) is 11.5 Å². The van der Waals surface area contributed by atoms with Gasteiger partial charge in [0, 0.05) is 44.5 Å². The Hall–Kier alpha value is -2.86. The van der Waals surface area contributed by atoms with Crippen molar-refractivity contribution in [3.8, 4) is 0 Å². The van der Waals surface area contributed by atoms with Crippen LogP contribution in [0.2, 0.25) is 0 Å². The van der Waals surface area contributed by atoms with E-state index in [1.807, 2.05) is 19.2 Å². The van der Waals surface area contributed by atoms with Gasteiger partial charge in [0.2, 0.25) is 5.91 Å². The zero-order chi connectivity index (χ0) is 19.5. The van der Waals surface area contributed by atoms with E-state index in [4.69, 9.17) is 4.98 Å². The number of piperidine rings is 1. The van der Waals surface area contributed by atoms with Crippen LogP contribution in [0.15, 0.2) is 48.8 Å². The molecule has 0 atom stereocenters. The highest BCUT2D eigenvalue weighted by molar-refractivity contribution is 5.88. The molecule has 28 heavy (non-hydrogen) atoms. The molecule has 1 amide bonds. The van der Waals surface area contributed by atoms with Crippen molar-refractivity contribution in [1.29, 1.82) is 0 Å². The van der Waals surface area contributed by atoms with E-state index in [9.17, 15) is 4.79 Å². The van der Waals surface area contributed by atoms with Gasteiger partial charge in [-0.05, 0) is 55.8 Å². The van der Waals surface area contributed by atoms with Crippen molar-refractivity contribution in [3.63, 3.8) is 0 Å². The maximum absolute atomic E-state index is 11.1. The molecular weight excluding hydrogens is 350 g/mol. The molecule has 1 fully saturated rings. The minimum absolute atomic E-state index is 0.0389. The standard InChI is InChI=1S/C22H27N5O/c1-16(28)24-19-7-5-17(6-8-19)14-26-12-9-18(10-13-26)20-15-27-11-3-4-21(27)22(23-2)25-20/h3-8,11,15,18H,9-10,12-14H2,1-2H3,(H,23,25)(H,24,28). The van der Waals surface area contributed by atoms with Crippen molar-refractivity contribution in [2.75, 3.05) is 30.8 Å². The van der Waals surface area contributed by atoms with Crippen LogP contribution in [-0.2, 0) is 11.3 Å². The fourth-order valence-electron chi connectivity index (χ4n) is 3.99. The first-order valence-electron chi connectivity index (χ1n) is 9.86. The first-order chi connectivity index (χ1) is 13.6. The van der Waals surface area contributed by atoms with Crippen molar-refractivity contribution in [1.82, 2.24) is 14.3 Å². The molecule has 6 nitrogen and oxygen atoms in total. The monoisotopic (exact) mass is 377 g/mol. The van der Waals surface area contributed by atoms with E-state index in [2.05, 4.69) is 56.6 Å². The molecule has 0 saturated carbocycles. The Morgan fingerprint density at radius 1 is 1.18 bits per heavy atom. The Labute approximate surface area is 165 Å². The average molecular weight is 377 g/mol. The molecule has 146 valence electrons. The summed E-state index contributed by atoms with van der Waals surface area (Å²) in [5, 5.41) is 6.04. The van der Waals surface area contributed by atoms with Gasteiger partial charge in [-0.25, -0.2) is 4.98 Å². The number of hydrogen-bond acceptors (Lipinski definition) is 4. The predicted molar refractivity (Wildman–Crippen MR) is 113 cm³/mol. The molecule has 0 radical (unpaired) electrons. The second kappa shape index (κ2) is 8.02. The topological polar surface area (TPSA) is 61.7 Å². The minimum atomic E-state index is -0.0389. The van der Waals surface area contributed by atoms with Crippen LogP contribution in [0, 0.1) is 0 Å². The molecule has 2 aromatic heterocycles. The highest BCUT2D eigenvalue weighted by Crippen LogP contribution is 2.29. The summed E-state index contributed by atoms with van der Waals surface area (Å²) in [6.07, 6.45) is 6.50. The lowest BCUT2D eigenvalue weighted by molar-refractivity contribution is -0.114. The van der Waals surface area contributed by atoms with Crippen LogP contribution in [0.5, 0.6) is 0 Å². The lowest BCUT2D eigenvalue weighted by atomic mass is 9.93. The molecule has 1 aromatic carbocycles. The van der Waals surface area contributed by atoms with Gasteiger partial charge in [-0.1, -0.05) is 12.1 Å². The Bertz CT molecular complexity index is 955. The summed E-state index contributed by atoms with van der Waals surface area (Å²) in [7, 11) is 1.93. The molecule has 0 unspecified atom stereocenters. The molecule has 0 aliphatic carbocycles. The van der Waals surface area contributed by atoms with Gasteiger partial charge in [0.05, 0.1) is 11.2 Å². The second-order valence-electron chi connectivity index (χ2n) is 7.49. The Kier molecular flexibility index (Phi) is 5.30. The number of likely N-dealkylation sites (tertiary alicyclic amines) is 1. The van der Waals surface area contributed by atoms with E-state index < -0.39 is 0 Å². The smallest absolute Gasteiger partial charge is 0.221 e. The number of nitrogens with one attached hydrogen (secondary N) is 2. The minimum Gasteiger partial charge on any atom is -0.371 e. The molecule has 1 saturated heterocycles. The van der Waals surface area contributed by atoms with E-state index in [-0.39, 0.29) is 5.91 Å². The van der Waals surface area contributed by atoms with Crippen molar-refractivity contribution in [3.05, 3.63) is 60.0 Å². The van der Waals surface area contributed by atoms with Crippen LogP contribution in [-0.4, -0.2) is 40.3 Å². The zero-order valence-electron chi connectivity index (χ0n) is 16.5. The Balaban J connectivity index is 1.37. The number of anilines is 2. The first kappa shape index (κ1) is 18.5. The zero-order valence-corrected chi connectivity index (χ0v) is 16.5. The molecule has 3 heterocycles. The number of aromatic nitrogens is 2. The molecule has 2 N–H and O–H groups in total. The van der Waals surface area contributed by atoms with Gasteiger partial charge in [-0.3, -0.25) is 9.69 Å². The second-order valence-corrected chi connectivity index (χ2v) is 7.49. The normalized spacial score (nSPS) is 15.6. The lowest BCUT2D eigenvalue weighted by Gasteiger charge is -2.32. The van der Waals surface area contributed by atoms with Crippen LogP contribution in [0.25, 0.3) is 5.52 Å². The number of carbonyl (C=O) groups is 1. The van der Waals surface area contributed by atoms with Crippen LogP contribution < -0.4 is 10.6 Å². The summed E-state index contributed by atoms with van der Waals surface area (Å²) in [5.74, 6) is 1.41. The largest absolute Gasteiger partial charge is 0.371 e. The van der Waals surface area contributed by atoms with E-state index >= 15 is 0 Å². The summed E-state index contributed by atoms with van der Waals surface area (Å²) in [5.41, 5.74) is 4.41. The van der Waals surface area contributed by atoms with Gasteiger partial charge in [0.15, 0.2) is 0 Å². The number of rotatable bonds is 5. The summed E-state index contributed by atoms with van der Waals surface area (Å²) in [6, 6.07) is 12.3. The van der Waals surface area contributed by atoms with E-state index in [1.165, 1.54) is 18.2 Å². The Morgan fingerprint density at radius 3 is 2.61 bits per heavy atom. The van der Waals surface area contributed by atoms with Crippen molar-refractivity contribution in [2.45, 2.75) is 32.2 Å². The van der Waals surface area contributed by atoms with Crippen LogP contribution >= 0.6 is 0 Å². The molecule has 1 aliphatic heterocycles. The van der Waals surface area contributed by atoms with Gasteiger partial charge >= 0.3 is 0 Å². The molecule has 1 aliphatic rings. The first-order valence-corrected chi connectivity index (χ1v) is 9.86. The molecule has 0 spiro atoms. The highest BCUT2D eigenvalue weighted by atomic mass is 16.1. The van der Waals surface area contributed by atoms with Gasteiger partial charge in [-0.2, -0.15) is 0 Å². The van der Waals surface area contributed by atoms with E-state index in [0.29, 0.717) is 5.92 Å². The average Bonchev–Trinajstić information content (AvgIpc) is 3.18. The number of amides is 1. The highest BCUT2D eigenvalue weighted by Gasteiger charge is 2.22. The fraction of sp³-hybridized carbons (Fsp3) is 0.364. The maximum Gasteiger partial charge on any atom is 0.221 e. The predicted octanol–water partition coefficient (Wildman–Crippen LogP) is 3.71. The number of benzene rings is 1. The number of hydrogen-bond donors (Lipinski definition) is 2. The van der Waals surface area contributed by atoms with Crippen molar-refractivity contribution in [2.24, 2.45) is 0 Å². The summed E-state index contributed by atoms with van der Waals surface area (Å²) in [4.78, 5) is 18.5.